The zero-order chi connectivity index (χ0) is 13.7. The van der Waals surface area contributed by atoms with Crippen molar-refractivity contribution >= 4 is 11.9 Å². The van der Waals surface area contributed by atoms with E-state index in [1.807, 2.05) is 26.0 Å². The van der Waals surface area contributed by atoms with Gasteiger partial charge in [0.1, 0.15) is 6.04 Å². The Hall–Kier alpha value is -1.84. The first-order valence-corrected chi connectivity index (χ1v) is 6.00. The maximum atomic E-state index is 12.0. The lowest BCUT2D eigenvalue weighted by atomic mass is 10.0. The third-order valence-corrected chi connectivity index (χ3v) is 2.61. The lowest BCUT2D eigenvalue weighted by molar-refractivity contribution is -0.144. The molecule has 1 amide bonds. The van der Waals surface area contributed by atoms with Crippen LogP contribution in [0, 0.1) is 13.8 Å². The van der Waals surface area contributed by atoms with Crippen LogP contribution >= 0.6 is 0 Å². The smallest absolute Gasteiger partial charge is 0.328 e. The summed E-state index contributed by atoms with van der Waals surface area (Å²) in [7, 11) is 0. The van der Waals surface area contributed by atoms with Gasteiger partial charge in [-0.2, -0.15) is 0 Å². The van der Waals surface area contributed by atoms with Gasteiger partial charge in [-0.1, -0.05) is 17.7 Å². The van der Waals surface area contributed by atoms with Crippen LogP contribution in [-0.4, -0.2) is 24.5 Å². The zero-order valence-corrected chi connectivity index (χ0v) is 11.2. The SMILES string of the molecule is CCOC(=O)C(C)NC(=O)c1ccc(C)cc1C. The van der Waals surface area contributed by atoms with E-state index in [-0.39, 0.29) is 5.91 Å². The third kappa shape index (κ3) is 3.58. The molecule has 1 aromatic rings. The third-order valence-electron chi connectivity index (χ3n) is 2.61. The van der Waals surface area contributed by atoms with E-state index in [4.69, 9.17) is 4.74 Å². The molecule has 0 radical (unpaired) electrons. The fourth-order valence-electron chi connectivity index (χ4n) is 1.67. The second-order valence-electron chi connectivity index (χ2n) is 4.27. The van der Waals surface area contributed by atoms with Gasteiger partial charge in [0.25, 0.3) is 5.91 Å². The normalized spacial score (nSPS) is 11.8. The molecule has 0 bridgehead atoms. The number of amides is 1. The Bertz CT molecular complexity index is 454. The summed E-state index contributed by atoms with van der Waals surface area (Å²) in [6.07, 6.45) is 0. The Morgan fingerprint density at radius 2 is 2.00 bits per heavy atom. The summed E-state index contributed by atoms with van der Waals surface area (Å²) < 4.78 is 4.84. The van der Waals surface area contributed by atoms with E-state index in [0.717, 1.165) is 11.1 Å². The maximum Gasteiger partial charge on any atom is 0.328 e. The lowest BCUT2D eigenvalue weighted by Crippen LogP contribution is -2.39. The van der Waals surface area contributed by atoms with Crippen LogP contribution in [0.5, 0.6) is 0 Å². The molecule has 1 unspecified atom stereocenters. The highest BCUT2D eigenvalue weighted by molar-refractivity contribution is 5.97. The number of hydrogen-bond donors (Lipinski definition) is 1. The fraction of sp³-hybridized carbons (Fsp3) is 0.429. The number of carbonyl (C=O) groups is 2. The Morgan fingerprint density at radius 3 is 2.56 bits per heavy atom. The summed E-state index contributed by atoms with van der Waals surface area (Å²) in [4.78, 5) is 23.4. The first-order valence-electron chi connectivity index (χ1n) is 6.00. The van der Waals surface area contributed by atoms with E-state index in [0.29, 0.717) is 12.2 Å². The van der Waals surface area contributed by atoms with Gasteiger partial charge in [0.15, 0.2) is 0 Å². The van der Waals surface area contributed by atoms with Gasteiger partial charge in [-0.25, -0.2) is 4.79 Å². The van der Waals surface area contributed by atoms with Crippen molar-refractivity contribution < 1.29 is 14.3 Å². The van der Waals surface area contributed by atoms with Gasteiger partial charge in [0.05, 0.1) is 6.61 Å². The second kappa shape index (κ2) is 6.19. The highest BCUT2D eigenvalue weighted by Gasteiger charge is 2.18. The van der Waals surface area contributed by atoms with Crippen molar-refractivity contribution in [2.45, 2.75) is 33.7 Å². The minimum absolute atomic E-state index is 0.256. The molecule has 0 fully saturated rings. The van der Waals surface area contributed by atoms with E-state index in [1.54, 1.807) is 19.9 Å². The molecular formula is C14H19NO3. The monoisotopic (exact) mass is 249 g/mol. The summed E-state index contributed by atoms with van der Waals surface area (Å²) in [6.45, 7) is 7.49. The van der Waals surface area contributed by atoms with E-state index in [9.17, 15) is 9.59 Å². The van der Waals surface area contributed by atoms with Gasteiger partial charge in [-0.15, -0.1) is 0 Å². The molecule has 0 heterocycles. The summed E-state index contributed by atoms with van der Waals surface area (Å²) in [5, 5.41) is 2.63. The van der Waals surface area contributed by atoms with Gasteiger partial charge in [-0.05, 0) is 39.3 Å². The first kappa shape index (κ1) is 14.2. The molecule has 0 aliphatic heterocycles. The number of benzene rings is 1. The molecule has 0 aromatic heterocycles. The standard InChI is InChI=1S/C14H19NO3/c1-5-18-14(17)11(4)15-13(16)12-7-6-9(2)8-10(12)3/h6-8,11H,5H2,1-4H3,(H,15,16). The largest absolute Gasteiger partial charge is 0.464 e. The van der Waals surface area contributed by atoms with Crippen molar-refractivity contribution in [3.05, 3.63) is 34.9 Å². The molecule has 1 N–H and O–H groups in total. The topological polar surface area (TPSA) is 55.4 Å². The Labute approximate surface area is 107 Å². The molecule has 1 atom stereocenters. The van der Waals surface area contributed by atoms with E-state index in [1.165, 1.54) is 0 Å². The number of nitrogens with one attached hydrogen (secondary N) is 1. The van der Waals surface area contributed by atoms with Gasteiger partial charge >= 0.3 is 5.97 Å². The summed E-state index contributed by atoms with van der Waals surface area (Å²) >= 11 is 0. The number of aryl methyl sites for hydroxylation is 2. The van der Waals surface area contributed by atoms with Crippen molar-refractivity contribution in [2.24, 2.45) is 0 Å². The molecule has 4 nitrogen and oxygen atoms in total. The molecule has 0 spiro atoms. The average molecular weight is 249 g/mol. The van der Waals surface area contributed by atoms with Crippen molar-refractivity contribution in [1.82, 2.24) is 5.32 Å². The molecule has 0 aliphatic rings. The van der Waals surface area contributed by atoms with Crippen molar-refractivity contribution in [2.75, 3.05) is 6.61 Å². The Balaban J connectivity index is 2.73. The highest BCUT2D eigenvalue weighted by Crippen LogP contribution is 2.10. The molecule has 0 aliphatic carbocycles. The maximum absolute atomic E-state index is 12.0. The summed E-state index contributed by atoms with van der Waals surface area (Å²) in [6, 6.07) is 4.93. The van der Waals surface area contributed by atoms with Gasteiger partial charge in [0.2, 0.25) is 0 Å². The molecule has 98 valence electrons. The van der Waals surface area contributed by atoms with Crippen molar-refractivity contribution in [3.63, 3.8) is 0 Å². The average Bonchev–Trinajstić information content (AvgIpc) is 2.28. The Morgan fingerprint density at radius 1 is 1.33 bits per heavy atom. The van der Waals surface area contributed by atoms with Crippen molar-refractivity contribution in [1.29, 1.82) is 0 Å². The number of esters is 1. The molecule has 4 heteroatoms. The number of rotatable bonds is 4. The van der Waals surface area contributed by atoms with E-state index >= 15 is 0 Å². The number of hydrogen-bond acceptors (Lipinski definition) is 3. The molecule has 1 aromatic carbocycles. The second-order valence-corrected chi connectivity index (χ2v) is 4.27. The van der Waals surface area contributed by atoms with Gasteiger partial charge in [0, 0.05) is 5.56 Å². The van der Waals surface area contributed by atoms with Gasteiger partial charge in [-0.3, -0.25) is 4.79 Å². The molecule has 18 heavy (non-hydrogen) atoms. The van der Waals surface area contributed by atoms with Crippen LogP contribution in [0.4, 0.5) is 0 Å². The van der Waals surface area contributed by atoms with E-state index in [2.05, 4.69) is 5.32 Å². The van der Waals surface area contributed by atoms with Crippen LogP contribution in [0.25, 0.3) is 0 Å². The van der Waals surface area contributed by atoms with E-state index < -0.39 is 12.0 Å². The first-order chi connectivity index (χ1) is 8.45. The summed E-state index contributed by atoms with van der Waals surface area (Å²) in [5.41, 5.74) is 2.57. The van der Waals surface area contributed by atoms with Crippen LogP contribution in [0.3, 0.4) is 0 Å². The van der Waals surface area contributed by atoms with Gasteiger partial charge < -0.3 is 10.1 Å². The molecule has 0 saturated heterocycles. The van der Waals surface area contributed by atoms with Crippen LogP contribution in [0.15, 0.2) is 18.2 Å². The lowest BCUT2D eigenvalue weighted by Gasteiger charge is -2.13. The van der Waals surface area contributed by atoms with Crippen molar-refractivity contribution in [3.8, 4) is 0 Å². The number of ether oxygens (including phenoxy) is 1. The molecule has 1 rings (SSSR count). The van der Waals surface area contributed by atoms with Crippen LogP contribution in [0.1, 0.15) is 35.3 Å². The molecular weight excluding hydrogens is 230 g/mol. The van der Waals surface area contributed by atoms with Crippen LogP contribution in [-0.2, 0) is 9.53 Å². The highest BCUT2D eigenvalue weighted by atomic mass is 16.5. The fourth-order valence-corrected chi connectivity index (χ4v) is 1.67. The molecule has 0 saturated carbocycles. The summed E-state index contributed by atoms with van der Waals surface area (Å²) in [5.74, 6) is -0.677. The minimum Gasteiger partial charge on any atom is -0.464 e. The predicted octanol–water partition coefficient (Wildman–Crippen LogP) is 1.98. The minimum atomic E-state index is -0.641. The number of carbonyl (C=O) groups excluding carboxylic acids is 2. The Kier molecular flexibility index (Phi) is 4.89. The van der Waals surface area contributed by atoms with Crippen LogP contribution < -0.4 is 5.32 Å². The zero-order valence-electron chi connectivity index (χ0n) is 11.2. The van der Waals surface area contributed by atoms with Crippen LogP contribution in [0.2, 0.25) is 0 Å². The quantitative estimate of drug-likeness (QED) is 0.830. The predicted molar refractivity (Wildman–Crippen MR) is 69.5 cm³/mol.